The molecular formula is C16H27N3O4. The lowest BCUT2D eigenvalue weighted by Gasteiger charge is -2.55. The molecule has 7 nitrogen and oxygen atoms in total. The van der Waals surface area contributed by atoms with Crippen molar-refractivity contribution in [3.05, 3.63) is 0 Å². The molecule has 3 aliphatic rings. The lowest BCUT2D eigenvalue weighted by Crippen LogP contribution is -2.73. The van der Waals surface area contributed by atoms with E-state index < -0.39 is 0 Å². The van der Waals surface area contributed by atoms with Gasteiger partial charge in [0.05, 0.1) is 26.3 Å². The molecule has 2 amide bonds. The average molecular weight is 325 g/mol. The second-order valence-corrected chi connectivity index (χ2v) is 7.03. The summed E-state index contributed by atoms with van der Waals surface area (Å²) >= 11 is 0. The van der Waals surface area contributed by atoms with Crippen LogP contribution in [-0.2, 0) is 19.1 Å². The molecule has 2 aliphatic heterocycles. The van der Waals surface area contributed by atoms with Gasteiger partial charge < -0.3 is 19.7 Å². The van der Waals surface area contributed by atoms with Gasteiger partial charge >= 0.3 is 0 Å². The first-order chi connectivity index (χ1) is 11.0. The fourth-order valence-electron chi connectivity index (χ4n) is 3.57. The molecule has 2 heterocycles. The summed E-state index contributed by atoms with van der Waals surface area (Å²) in [6.07, 6.45) is 3.24. The SMILES string of the molecule is COCCNC(=O)[C@@H]1COC2(CN(C(=O)C3CCC3)C2)CN1C. The van der Waals surface area contributed by atoms with E-state index in [4.69, 9.17) is 9.47 Å². The van der Waals surface area contributed by atoms with Gasteiger partial charge in [-0.05, 0) is 19.9 Å². The summed E-state index contributed by atoms with van der Waals surface area (Å²) in [6.45, 7) is 3.39. The lowest BCUT2D eigenvalue weighted by atomic mass is 9.81. The Bertz CT molecular complexity index is 460. The van der Waals surface area contributed by atoms with Crippen LogP contribution in [0, 0.1) is 5.92 Å². The number of morpholine rings is 1. The number of rotatable bonds is 5. The summed E-state index contributed by atoms with van der Waals surface area (Å²) in [5.41, 5.74) is -0.280. The summed E-state index contributed by atoms with van der Waals surface area (Å²) < 4.78 is 10.9. The predicted molar refractivity (Wildman–Crippen MR) is 83.9 cm³/mol. The fourth-order valence-corrected chi connectivity index (χ4v) is 3.57. The Balaban J connectivity index is 1.45. The quantitative estimate of drug-likeness (QED) is 0.688. The van der Waals surface area contributed by atoms with E-state index in [1.54, 1.807) is 7.11 Å². The molecule has 0 radical (unpaired) electrons. The lowest BCUT2D eigenvalue weighted by molar-refractivity contribution is -0.204. The molecule has 0 bridgehead atoms. The number of carbonyl (C=O) groups is 2. The van der Waals surface area contributed by atoms with Crippen molar-refractivity contribution in [2.75, 3.05) is 53.6 Å². The van der Waals surface area contributed by atoms with Crippen LogP contribution in [0.5, 0.6) is 0 Å². The van der Waals surface area contributed by atoms with Crippen LogP contribution in [0.1, 0.15) is 19.3 Å². The minimum atomic E-state index is -0.280. The Hall–Kier alpha value is -1.18. The monoisotopic (exact) mass is 325 g/mol. The van der Waals surface area contributed by atoms with Crippen molar-refractivity contribution in [3.8, 4) is 0 Å². The summed E-state index contributed by atoms with van der Waals surface area (Å²) in [6, 6.07) is -0.270. The molecule has 0 aromatic carbocycles. The number of hydrogen-bond donors (Lipinski definition) is 1. The van der Waals surface area contributed by atoms with E-state index in [-0.39, 0.29) is 29.4 Å². The molecule has 1 aliphatic carbocycles. The zero-order valence-corrected chi connectivity index (χ0v) is 14.0. The van der Waals surface area contributed by atoms with Gasteiger partial charge in [0.2, 0.25) is 11.8 Å². The minimum absolute atomic E-state index is 0.0267. The molecule has 0 aromatic heterocycles. The first-order valence-electron chi connectivity index (χ1n) is 8.44. The van der Waals surface area contributed by atoms with Crippen molar-refractivity contribution in [2.24, 2.45) is 5.92 Å². The van der Waals surface area contributed by atoms with Crippen LogP contribution in [0.15, 0.2) is 0 Å². The maximum atomic E-state index is 12.2. The molecule has 2 saturated heterocycles. The van der Waals surface area contributed by atoms with Gasteiger partial charge in [-0.1, -0.05) is 6.42 Å². The van der Waals surface area contributed by atoms with Gasteiger partial charge in [0.25, 0.3) is 0 Å². The highest BCUT2D eigenvalue weighted by atomic mass is 16.5. The second kappa shape index (κ2) is 6.75. The number of amides is 2. The highest BCUT2D eigenvalue weighted by Crippen LogP contribution is 2.35. The zero-order valence-electron chi connectivity index (χ0n) is 14.0. The fraction of sp³-hybridized carbons (Fsp3) is 0.875. The number of carbonyl (C=O) groups excluding carboxylic acids is 2. The Labute approximate surface area is 137 Å². The largest absolute Gasteiger partial charge is 0.383 e. The second-order valence-electron chi connectivity index (χ2n) is 7.03. The van der Waals surface area contributed by atoms with E-state index in [2.05, 4.69) is 5.32 Å². The van der Waals surface area contributed by atoms with Crippen LogP contribution in [0.3, 0.4) is 0 Å². The third kappa shape index (κ3) is 3.36. The van der Waals surface area contributed by atoms with E-state index in [1.807, 2.05) is 16.8 Å². The zero-order chi connectivity index (χ0) is 16.4. The molecule has 3 fully saturated rings. The normalized spacial score (nSPS) is 27.4. The van der Waals surface area contributed by atoms with E-state index in [0.29, 0.717) is 39.4 Å². The molecule has 1 atom stereocenters. The van der Waals surface area contributed by atoms with Gasteiger partial charge in [0.1, 0.15) is 11.6 Å². The van der Waals surface area contributed by atoms with Gasteiger partial charge in [-0.25, -0.2) is 0 Å². The number of nitrogens with one attached hydrogen (secondary N) is 1. The number of ether oxygens (including phenoxy) is 2. The Morgan fingerprint density at radius 3 is 2.61 bits per heavy atom. The molecule has 1 saturated carbocycles. The Morgan fingerprint density at radius 1 is 1.30 bits per heavy atom. The number of methoxy groups -OCH3 is 1. The van der Waals surface area contributed by atoms with E-state index in [1.165, 1.54) is 6.42 Å². The predicted octanol–water partition coefficient (Wildman–Crippen LogP) is -0.539. The molecule has 23 heavy (non-hydrogen) atoms. The Kier molecular flexibility index (Phi) is 4.89. The first-order valence-corrected chi connectivity index (χ1v) is 8.44. The summed E-state index contributed by atoms with van der Waals surface area (Å²) in [5.74, 6) is 0.502. The smallest absolute Gasteiger partial charge is 0.239 e. The van der Waals surface area contributed by atoms with E-state index in [9.17, 15) is 9.59 Å². The van der Waals surface area contributed by atoms with Crippen LogP contribution in [0.25, 0.3) is 0 Å². The third-order valence-electron chi connectivity index (χ3n) is 5.25. The van der Waals surface area contributed by atoms with Crippen molar-refractivity contribution in [1.29, 1.82) is 0 Å². The van der Waals surface area contributed by atoms with Crippen LogP contribution in [0.2, 0.25) is 0 Å². The number of nitrogens with zero attached hydrogens (tertiary/aromatic N) is 2. The van der Waals surface area contributed by atoms with Crippen LogP contribution >= 0.6 is 0 Å². The van der Waals surface area contributed by atoms with Gasteiger partial charge in [-0.3, -0.25) is 14.5 Å². The number of hydrogen-bond acceptors (Lipinski definition) is 5. The topological polar surface area (TPSA) is 71.1 Å². The minimum Gasteiger partial charge on any atom is -0.383 e. The molecule has 1 spiro atoms. The maximum absolute atomic E-state index is 12.2. The van der Waals surface area contributed by atoms with Crippen LogP contribution in [-0.4, -0.2) is 86.8 Å². The molecule has 130 valence electrons. The van der Waals surface area contributed by atoms with Crippen molar-refractivity contribution in [1.82, 2.24) is 15.1 Å². The van der Waals surface area contributed by atoms with Crippen molar-refractivity contribution in [2.45, 2.75) is 30.9 Å². The Morgan fingerprint density at radius 2 is 2.04 bits per heavy atom. The van der Waals surface area contributed by atoms with Gasteiger partial charge in [0, 0.05) is 26.1 Å². The van der Waals surface area contributed by atoms with Crippen molar-refractivity contribution in [3.63, 3.8) is 0 Å². The molecular weight excluding hydrogens is 298 g/mol. The highest BCUT2D eigenvalue weighted by Gasteiger charge is 2.52. The first kappa shape index (κ1) is 16.7. The standard InChI is InChI=1S/C16H27N3O4/c1-18-9-16(10-19(11-16)15(21)12-4-3-5-12)23-8-13(18)14(20)17-6-7-22-2/h12-13H,3-11H2,1-2H3,(H,17,20)/t13-/m0/s1. The molecule has 0 unspecified atom stereocenters. The summed E-state index contributed by atoms with van der Waals surface area (Å²) in [7, 11) is 3.56. The highest BCUT2D eigenvalue weighted by molar-refractivity contribution is 5.82. The molecule has 0 aromatic rings. The van der Waals surface area contributed by atoms with E-state index in [0.717, 1.165) is 12.8 Å². The molecule has 1 N–H and O–H groups in total. The summed E-state index contributed by atoms with van der Waals surface area (Å²) in [4.78, 5) is 28.3. The van der Waals surface area contributed by atoms with Gasteiger partial charge in [-0.2, -0.15) is 0 Å². The van der Waals surface area contributed by atoms with Crippen molar-refractivity contribution >= 4 is 11.8 Å². The number of likely N-dealkylation sites (tertiary alicyclic amines) is 1. The molecule has 7 heteroatoms. The molecule has 3 rings (SSSR count). The van der Waals surface area contributed by atoms with E-state index >= 15 is 0 Å². The van der Waals surface area contributed by atoms with Crippen LogP contribution < -0.4 is 5.32 Å². The van der Waals surface area contributed by atoms with Gasteiger partial charge in [-0.15, -0.1) is 0 Å². The van der Waals surface area contributed by atoms with Crippen molar-refractivity contribution < 1.29 is 19.1 Å². The number of likely N-dealkylation sites (N-methyl/N-ethyl adjacent to an activating group) is 1. The average Bonchev–Trinajstić information content (AvgIpc) is 2.42. The summed E-state index contributed by atoms with van der Waals surface area (Å²) in [5, 5.41) is 2.85. The van der Waals surface area contributed by atoms with Crippen LogP contribution in [0.4, 0.5) is 0 Å². The van der Waals surface area contributed by atoms with Gasteiger partial charge in [0.15, 0.2) is 0 Å². The maximum Gasteiger partial charge on any atom is 0.239 e. The third-order valence-corrected chi connectivity index (χ3v) is 5.25.